The van der Waals surface area contributed by atoms with Gasteiger partial charge in [-0.2, -0.15) is 0 Å². The fourth-order valence-electron chi connectivity index (χ4n) is 4.41. The molecule has 7 nitrogen and oxygen atoms in total. The molecule has 2 aliphatic rings. The first-order valence-electron chi connectivity index (χ1n) is 10.6. The standard InChI is InChI=1S/C24H21F2N3O4/c25-16-5-3-4-15(12-16)21-18-13-17(26)6-7-20(18)33-11-2-1-9-27-14-29(21)28-10-8-19(30)23(31)22(28)24(27)32/h3-8,10,12-13,21,31H,1-2,9,11,14H2/t21-/m1/s1. The van der Waals surface area contributed by atoms with Crippen molar-refractivity contribution in [1.82, 2.24) is 9.58 Å². The maximum atomic E-state index is 14.5. The van der Waals surface area contributed by atoms with Crippen LogP contribution in [-0.2, 0) is 0 Å². The average molecular weight is 453 g/mol. The number of aromatic hydroxyl groups is 1. The summed E-state index contributed by atoms with van der Waals surface area (Å²) in [7, 11) is 0. The molecule has 0 unspecified atom stereocenters. The van der Waals surface area contributed by atoms with Crippen molar-refractivity contribution in [3.05, 3.63) is 93.4 Å². The number of benzene rings is 2. The predicted octanol–water partition coefficient (Wildman–Crippen LogP) is 3.15. The number of halogens is 2. The lowest BCUT2D eigenvalue weighted by atomic mass is 9.96. The Labute approximate surface area is 188 Å². The second-order valence-electron chi connectivity index (χ2n) is 8.07. The van der Waals surface area contributed by atoms with Crippen LogP contribution in [0.15, 0.2) is 59.5 Å². The summed E-state index contributed by atoms with van der Waals surface area (Å²) in [5, 5.41) is 12.2. The van der Waals surface area contributed by atoms with E-state index < -0.39 is 34.8 Å². The Morgan fingerprint density at radius 3 is 2.64 bits per heavy atom. The van der Waals surface area contributed by atoms with E-state index in [1.54, 1.807) is 17.1 Å². The molecule has 3 heterocycles. The highest BCUT2D eigenvalue weighted by atomic mass is 19.1. The summed E-state index contributed by atoms with van der Waals surface area (Å²) in [6.07, 6.45) is 2.65. The molecule has 0 fully saturated rings. The molecule has 1 N–H and O–H groups in total. The Balaban J connectivity index is 1.81. The van der Waals surface area contributed by atoms with Crippen molar-refractivity contribution in [3.8, 4) is 11.5 Å². The molecular formula is C24H21F2N3O4. The first kappa shape index (κ1) is 21.0. The van der Waals surface area contributed by atoms with Gasteiger partial charge in [-0.25, -0.2) is 8.78 Å². The SMILES string of the molecule is O=C1c2c(O)c(=O)ccn2N2CN1CCCCOc1ccc(F)cc1[C@H]2c1cccc(F)c1. The number of amides is 1. The summed E-state index contributed by atoms with van der Waals surface area (Å²) >= 11 is 0. The molecule has 0 radical (unpaired) electrons. The van der Waals surface area contributed by atoms with Gasteiger partial charge >= 0.3 is 0 Å². The zero-order chi connectivity index (χ0) is 23.1. The van der Waals surface area contributed by atoms with Crippen LogP contribution in [0.5, 0.6) is 11.5 Å². The summed E-state index contributed by atoms with van der Waals surface area (Å²) in [4.78, 5) is 26.8. The van der Waals surface area contributed by atoms with Gasteiger partial charge in [0.2, 0.25) is 5.43 Å². The zero-order valence-electron chi connectivity index (χ0n) is 17.6. The van der Waals surface area contributed by atoms with Crippen LogP contribution >= 0.6 is 0 Å². The minimum atomic E-state index is -0.791. The van der Waals surface area contributed by atoms with Gasteiger partial charge in [0.05, 0.1) is 6.61 Å². The van der Waals surface area contributed by atoms with Gasteiger partial charge in [-0.05, 0) is 48.7 Å². The number of fused-ring (bicyclic) bond motifs is 5. The van der Waals surface area contributed by atoms with Crippen LogP contribution < -0.4 is 15.2 Å². The van der Waals surface area contributed by atoms with Crippen LogP contribution in [0.4, 0.5) is 8.78 Å². The molecule has 1 aromatic heterocycles. The number of pyridine rings is 1. The van der Waals surface area contributed by atoms with Gasteiger partial charge in [-0.1, -0.05) is 12.1 Å². The number of carbonyl (C=O) groups is 1. The highest BCUT2D eigenvalue weighted by molar-refractivity contribution is 5.96. The molecule has 5 rings (SSSR count). The second kappa shape index (κ2) is 8.23. The van der Waals surface area contributed by atoms with Crippen molar-refractivity contribution in [2.24, 2.45) is 0 Å². The van der Waals surface area contributed by atoms with Crippen LogP contribution in [0, 0.1) is 11.6 Å². The number of hydrogen-bond acceptors (Lipinski definition) is 5. The van der Waals surface area contributed by atoms with Crippen molar-refractivity contribution in [2.75, 3.05) is 24.8 Å². The van der Waals surface area contributed by atoms with Gasteiger partial charge in [0.25, 0.3) is 5.91 Å². The minimum Gasteiger partial charge on any atom is -0.502 e. The maximum absolute atomic E-state index is 14.5. The number of nitrogens with zero attached hydrogens (tertiary/aromatic N) is 3. The lowest BCUT2D eigenvalue weighted by Crippen LogP contribution is -2.55. The van der Waals surface area contributed by atoms with E-state index in [2.05, 4.69) is 0 Å². The third kappa shape index (κ3) is 3.69. The van der Waals surface area contributed by atoms with Gasteiger partial charge < -0.3 is 14.7 Å². The lowest BCUT2D eigenvalue weighted by molar-refractivity contribution is 0.0676. The predicted molar refractivity (Wildman–Crippen MR) is 116 cm³/mol. The number of aromatic nitrogens is 1. The minimum absolute atomic E-state index is 0.0747. The van der Waals surface area contributed by atoms with Crippen LogP contribution in [0.1, 0.15) is 40.5 Å². The Kier molecular flexibility index (Phi) is 5.24. The molecule has 1 atom stereocenters. The Hall–Kier alpha value is -3.88. The van der Waals surface area contributed by atoms with Gasteiger partial charge in [0.15, 0.2) is 11.4 Å². The topological polar surface area (TPSA) is 75.0 Å². The first-order chi connectivity index (χ1) is 15.9. The van der Waals surface area contributed by atoms with E-state index in [9.17, 15) is 23.5 Å². The fourth-order valence-corrected chi connectivity index (χ4v) is 4.41. The van der Waals surface area contributed by atoms with Gasteiger partial charge in [-0.3, -0.25) is 19.3 Å². The summed E-state index contributed by atoms with van der Waals surface area (Å²) in [5.41, 5.74) is 0.0511. The van der Waals surface area contributed by atoms with Crippen LogP contribution in [0.25, 0.3) is 0 Å². The monoisotopic (exact) mass is 453 g/mol. The summed E-state index contributed by atoms with van der Waals surface area (Å²) in [5.74, 6) is -1.70. The van der Waals surface area contributed by atoms with E-state index in [1.807, 2.05) is 0 Å². The Bertz CT molecular complexity index is 1290. The molecule has 9 heteroatoms. The zero-order valence-corrected chi connectivity index (χ0v) is 17.6. The fraction of sp³-hybridized carbons (Fsp3) is 0.250. The molecule has 2 aromatic carbocycles. The summed E-state index contributed by atoms with van der Waals surface area (Å²) in [6.45, 7) is 0.791. The average Bonchev–Trinajstić information content (AvgIpc) is 2.82. The molecule has 170 valence electrons. The van der Waals surface area contributed by atoms with E-state index in [0.29, 0.717) is 42.9 Å². The van der Waals surface area contributed by atoms with E-state index in [0.717, 1.165) is 6.07 Å². The van der Waals surface area contributed by atoms with Crippen molar-refractivity contribution in [2.45, 2.75) is 18.9 Å². The molecule has 0 saturated heterocycles. The van der Waals surface area contributed by atoms with Crippen molar-refractivity contribution >= 4 is 5.91 Å². The Morgan fingerprint density at radius 2 is 1.82 bits per heavy atom. The van der Waals surface area contributed by atoms with E-state index in [1.165, 1.54) is 46.1 Å². The number of hydrogen-bond donors (Lipinski definition) is 1. The van der Waals surface area contributed by atoms with Crippen LogP contribution in [-0.4, -0.2) is 40.4 Å². The second-order valence-corrected chi connectivity index (χ2v) is 8.07. The van der Waals surface area contributed by atoms with Gasteiger partial charge in [0.1, 0.15) is 30.1 Å². The third-order valence-corrected chi connectivity index (χ3v) is 5.94. The first-order valence-corrected chi connectivity index (χ1v) is 10.6. The molecule has 33 heavy (non-hydrogen) atoms. The molecule has 2 aliphatic heterocycles. The number of carbonyl (C=O) groups excluding carboxylic acids is 1. The van der Waals surface area contributed by atoms with Crippen LogP contribution in [0.3, 0.4) is 0 Å². The molecule has 0 aliphatic carbocycles. The van der Waals surface area contributed by atoms with Crippen molar-refractivity contribution < 1.29 is 23.4 Å². The highest BCUT2D eigenvalue weighted by Gasteiger charge is 2.37. The smallest absolute Gasteiger partial charge is 0.277 e. The number of ether oxygens (including phenoxy) is 1. The normalized spacial score (nSPS) is 18.1. The molecule has 0 spiro atoms. The van der Waals surface area contributed by atoms with Gasteiger partial charge in [-0.15, -0.1) is 0 Å². The molecule has 2 bridgehead atoms. The molecular weight excluding hydrogens is 432 g/mol. The Morgan fingerprint density at radius 1 is 1.00 bits per heavy atom. The van der Waals surface area contributed by atoms with E-state index in [-0.39, 0.29) is 12.4 Å². The van der Waals surface area contributed by atoms with Gasteiger partial charge in [0, 0.05) is 24.4 Å². The van der Waals surface area contributed by atoms with Crippen molar-refractivity contribution in [1.29, 1.82) is 0 Å². The third-order valence-electron chi connectivity index (χ3n) is 5.94. The van der Waals surface area contributed by atoms with E-state index >= 15 is 0 Å². The largest absolute Gasteiger partial charge is 0.502 e. The van der Waals surface area contributed by atoms with Crippen molar-refractivity contribution in [3.63, 3.8) is 0 Å². The number of rotatable bonds is 1. The maximum Gasteiger partial charge on any atom is 0.277 e. The van der Waals surface area contributed by atoms with Crippen LogP contribution in [0.2, 0.25) is 0 Å². The highest BCUT2D eigenvalue weighted by Crippen LogP contribution is 2.37. The quantitative estimate of drug-likeness (QED) is 0.613. The molecule has 1 amide bonds. The molecule has 3 aromatic rings. The van der Waals surface area contributed by atoms with E-state index in [4.69, 9.17) is 4.74 Å². The molecule has 0 saturated carbocycles. The lowest BCUT2D eigenvalue weighted by Gasteiger charge is -2.44. The summed E-state index contributed by atoms with van der Waals surface area (Å²) < 4.78 is 36.1. The summed E-state index contributed by atoms with van der Waals surface area (Å²) in [6, 6.07) is 10.4.